The van der Waals surface area contributed by atoms with Gasteiger partial charge in [-0.1, -0.05) is 6.92 Å². The molecule has 0 bridgehead atoms. The van der Waals surface area contributed by atoms with Crippen molar-refractivity contribution < 1.29 is 9.47 Å². The van der Waals surface area contributed by atoms with Gasteiger partial charge in [-0.25, -0.2) is 0 Å². The summed E-state index contributed by atoms with van der Waals surface area (Å²) in [4.78, 5) is 0. The van der Waals surface area contributed by atoms with Crippen molar-refractivity contribution in [1.29, 1.82) is 0 Å². The highest BCUT2D eigenvalue weighted by molar-refractivity contribution is 4.80. The topological polar surface area (TPSA) is 30.5 Å². The normalized spacial score (nSPS) is 35.8. The summed E-state index contributed by atoms with van der Waals surface area (Å²) in [7, 11) is 0. The van der Waals surface area contributed by atoms with Crippen LogP contribution in [0.25, 0.3) is 0 Å². The summed E-state index contributed by atoms with van der Waals surface area (Å²) in [6.07, 6.45) is 4.31. The Labute approximate surface area is 86.2 Å². The highest BCUT2D eigenvalue weighted by Gasteiger charge is 2.29. The lowest BCUT2D eigenvalue weighted by Gasteiger charge is -2.37. The Balaban J connectivity index is 1.83. The van der Waals surface area contributed by atoms with Gasteiger partial charge in [0, 0.05) is 26.3 Å². The van der Waals surface area contributed by atoms with Gasteiger partial charge < -0.3 is 14.8 Å². The minimum Gasteiger partial charge on any atom is -0.381 e. The molecule has 14 heavy (non-hydrogen) atoms. The second kappa shape index (κ2) is 5.10. The molecule has 1 N–H and O–H groups in total. The van der Waals surface area contributed by atoms with Crippen LogP contribution in [-0.2, 0) is 9.47 Å². The van der Waals surface area contributed by atoms with E-state index in [-0.39, 0.29) is 0 Å². The van der Waals surface area contributed by atoms with Crippen LogP contribution in [0.1, 0.15) is 26.2 Å². The third-order valence-corrected chi connectivity index (χ3v) is 3.33. The molecule has 2 heterocycles. The van der Waals surface area contributed by atoms with E-state index in [1.807, 2.05) is 0 Å². The summed E-state index contributed by atoms with van der Waals surface area (Å²) in [5.74, 6) is 0.714. The Morgan fingerprint density at radius 1 is 1.21 bits per heavy atom. The molecule has 0 spiro atoms. The van der Waals surface area contributed by atoms with Gasteiger partial charge in [-0.05, 0) is 25.2 Å². The Morgan fingerprint density at radius 3 is 2.71 bits per heavy atom. The Hall–Kier alpha value is -0.120. The molecule has 2 aliphatic rings. The predicted octanol–water partition coefficient (Wildman–Crippen LogP) is 1.18. The van der Waals surface area contributed by atoms with Gasteiger partial charge in [0.05, 0.1) is 12.2 Å². The molecule has 0 saturated carbocycles. The Morgan fingerprint density at radius 2 is 2.00 bits per heavy atom. The minimum absolute atomic E-state index is 0.427. The average molecular weight is 199 g/mol. The van der Waals surface area contributed by atoms with Gasteiger partial charge in [0.1, 0.15) is 0 Å². The zero-order chi connectivity index (χ0) is 9.80. The molecule has 0 aliphatic carbocycles. The summed E-state index contributed by atoms with van der Waals surface area (Å²) in [5, 5.41) is 3.47. The van der Waals surface area contributed by atoms with Crippen LogP contribution in [0.5, 0.6) is 0 Å². The standard InChI is InChI=1S/C11H21NO2/c1-2-10-7-12-8-11(14-10)9-3-5-13-6-4-9/h9-12H,2-8H2,1H3. The predicted molar refractivity (Wildman–Crippen MR) is 55.4 cm³/mol. The molecule has 0 aromatic heterocycles. The van der Waals surface area contributed by atoms with Crippen molar-refractivity contribution in [3.05, 3.63) is 0 Å². The molecule has 2 rings (SSSR count). The summed E-state index contributed by atoms with van der Waals surface area (Å²) in [6, 6.07) is 0. The Kier molecular flexibility index (Phi) is 3.79. The zero-order valence-corrected chi connectivity index (χ0v) is 9.00. The molecule has 0 aromatic rings. The molecule has 3 heteroatoms. The molecule has 0 amide bonds. The number of morpholine rings is 1. The van der Waals surface area contributed by atoms with Crippen molar-refractivity contribution in [3.8, 4) is 0 Å². The zero-order valence-electron chi connectivity index (χ0n) is 9.00. The van der Waals surface area contributed by atoms with Gasteiger partial charge in [-0.3, -0.25) is 0 Å². The third-order valence-electron chi connectivity index (χ3n) is 3.33. The quantitative estimate of drug-likeness (QED) is 0.724. The number of ether oxygens (including phenoxy) is 2. The molecule has 0 aromatic carbocycles. The first-order valence-corrected chi connectivity index (χ1v) is 5.84. The van der Waals surface area contributed by atoms with Gasteiger partial charge in [0.15, 0.2) is 0 Å². The number of rotatable bonds is 2. The summed E-state index contributed by atoms with van der Waals surface area (Å²) in [5.41, 5.74) is 0. The molecule has 2 aliphatic heterocycles. The van der Waals surface area contributed by atoms with Crippen LogP contribution in [0, 0.1) is 5.92 Å². The maximum atomic E-state index is 6.06. The van der Waals surface area contributed by atoms with Gasteiger partial charge in [-0.2, -0.15) is 0 Å². The van der Waals surface area contributed by atoms with Crippen LogP contribution in [0.3, 0.4) is 0 Å². The summed E-state index contributed by atoms with van der Waals surface area (Å²) >= 11 is 0. The largest absolute Gasteiger partial charge is 0.381 e. The van der Waals surface area contributed by atoms with Crippen LogP contribution in [0.15, 0.2) is 0 Å². The lowest BCUT2D eigenvalue weighted by Crippen LogP contribution is -2.48. The fraction of sp³-hybridized carbons (Fsp3) is 1.00. The van der Waals surface area contributed by atoms with Crippen LogP contribution < -0.4 is 5.32 Å². The van der Waals surface area contributed by atoms with Crippen molar-refractivity contribution >= 4 is 0 Å². The van der Waals surface area contributed by atoms with E-state index in [2.05, 4.69) is 12.2 Å². The number of hydrogen-bond acceptors (Lipinski definition) is 3. The van der Waals surface area contributed by atoms with Crippen LogP contribution in [0.2, 0.25) is 0 Å². The first-order valence-electron chi connectivity index (χ1n) is 5.84. The molecular formula is C11H21NO2. The van der Waals surface area contributed by atoms with E-state index < -0.39 is 0 Å². The highest BCUT2D eigenvalue weighted by Crippen LogP contribution is 2.23. The Bertz CT molecular complexity index is 169. The fourth-order valence-electron chi connectivity index (χ4n) is 2.34. The molecule has 2 saturated heterocycles. The molecular weight excluding hydrogens is 178 g/mol. The molecule has 3 nitrogen and oxygen atoms in total. The van der Waals surface area contributed by atoms with Crippen LogP contribution in [-0.4, -0.2) is 38.5 Å². The van der Waals surface area contributed by atoms with Crippen molar-refractivity contribution in [2.24, 2.45) is 5.92 Å². The van der Waals surface area contributed by atoms with E-state index in [9.17, 15) is 0 Å². The van der Waals surface area contributed by atoms with E-state index in [1.165, 1.54) is 12.8 Å². The van der Waals surface area contributed by atoms with Gasteiger partial charge in [0.2, 0.25) is 0 Å². The third kappa shape index (κ3) is 2.47. The minimum atomic E-state index is 0.427. The lowest BCUT2D eigenvalue weighted by molar-refractivity contribution is -0.0881. The van der Waals surface area contributed by atoms with Crippen molar-refractivity contribution in [3.63, 3.8) is 0 Å². The highest BCUT2D eigenvalue weighted by atomic mass is 16.5. The van der Waals surface area contributed by atoms with Crippen LogP contribution >= 0.6 is 0 Å². The smallest absolute Gasteiger partial charge is 0.0733 e. The van der Waals surface area contributed by atoms with Gasteiger partial charge in [-0.15, -0.1) is 0 Å². The first-order chi connectivity index (χ1) is 6.90. The van der Waals surface area contributed by atoms with E-state index in [0.717, 1.165) is 32.7 Å². The summed E-state index contributed by atoms with van der Waals surface area (Å²) < 4.78 is 11.4. The van der Waals surface area contributed by atoms with E-state index in [1.54, 1.807) is 0 Å². The fourth-order valence-corrected chi connectivity index (χ4v) is 2.34. The maximum absolute atomic E-state index is 6.06. The van der Waals surface area contributed by atoms with E-state index in [0.29, 0.717) is 18.1 Å². The molecule has 2 unspecified atom stereocenters. The maximum Gasteiger partial charge on any atom is 0.0733 e. The number of nitrogens with one attached hydrogen (secondary N) is 1. The molecule has 2 fully saturated rings. The SMILES string of the molecule is CCC1CNCC(C2CCOCC2)O1. The van der Waals surface area contributed by atoms with Gasteiger partial charge >= 0.3 is 0 Å². The second-order valence-corrected chi connectivity index (χ2v) is 4.31. The lowest BCUT2D eigenvalue weighted by atomic mass is 9.92. The van der Waals surface area contributed by atoms with Crippen LogP contribution in [0.4, 0.5) is 0 Å². The van der Waals surface area contributed by atoms with E-state index in [4.69, 9.17) is 9.47 Å². The van der Waals surface area contributed by atoms with Crippen molar-refractivity contribution in [2.75, 3.05) is 26.3 Å². The van der Waals surface area contributed by atoms with Crippen molar-refractivity contribution in [1.82, 2.24) is 5.32 Å². The van der Waals surface area contributed by atoms with Gasteiger partial charge in [0.25, 0.3) is 0 Å². The van der Waals surface area contributed by atoms with Crippen molar-refractivity contribution in [2.45, 2.75) is 38.4 Å². The average Bonchev–Trinajstić information content (AvgIpc) is 2.30. The molecule has 82 valence electrons. The van der Waals surface area contributed by atoms with E-state index >= 15 is 0 Å². The molecule has 0 radical (unpaired) electrons. The monoisotopic (exact) mass is 199 g/mol. The number of hydrogen-bond donors (Lipinski definition) is 1. The first kappa shape index (κ1) is 10.4. The second-order valence-electron chi connectivity index (χ2n) is 4.31. The molecule has 2 atom stereocenters. The summed E-state index contributed by atoms with van der Waals surface area (Å²) in [6.45, 7) is 6.08.